The summed E-state index contributed by atoms with van der Waals surface area (Å²) < 4.78 is 10.2. The highest BCUT2D eigenvalue weighted by Crippen LogP contribution is 2.45. The number of carbonyl (C=O) groups excluding carboxylic acids is 5. The summed E-state index contributed by atoms with van der Waals surface area (Å²) in [5.41, 5.74) is -1.41. The third-order valence-electron chi connectivity index (χ3n) is 6.28. The van der Waals surface area contributed by atoms with Crippen LogP contribution in [-0.2, 0) is 0 Å². The average Bonchev–Trinajstić information content (AvgIpc) is 3.64. The molecule has 0 spiro atoms. The highest BCUT2D eigenvalue weighted by molar-refractivity contribution is 6.55. The van der Waals surface area contributed by atoms with Gasteiger partial charge in [-0.1, -0.05) is 46.4 Å². The van der Waals surface area contributed by atoms with Gasteiger partial charge in [-0.15, -0.1) is 0 Å². The zero-order chi connectivity index (χ0) is 31.9. The number of furan rings is 1. The van der Waals surface area contributed by atoms with Crippen LogP contribution in [0.1, 0.15) is 52.0 Å². The fourth-order valence-corrected chi connectivity index (χ4v) is 5.17. The summed E-state index contributed by atoms with van der Waals surface area (Å²) in [5, 5.41) is 10.6. The Morgan fingerprint density at radius 1 is 0.818 bits per heavy atom. The fourth-order valence-electron chi connectivity index (χ4n) is 4.15. The zero-order valence-corrected chi connectivity index (χ0v) is 24.6. The molecule has 1 aliphatic heterocycles. The Morgan fingerprint density at radius 3 is 1.86 bits per heavy atom. The van der Waals surface area contributed by atoms with Gasteiger partial charge in [-0.25, -0.2) is 9.80 Å². The topological polar surface area (TPSA) is 157 Å². The number of benzene rings is 3. The van der Waals surface area contributed by atoms with Gasteiger partial charge in [0.2, 0.25) is 5.76 Å². The number of rotatable bonds is 8. The van der Waals surface area contributed by atoms with Crippen LogP contribution in [0.2, 0.25) is 20.1 Å². The van der Waals surface area contributed by atoms with Gasteiger partial charge in [-0.3, -0.25) is 29.3 Å². The SMILES string of the molecule is O=C(CN(C(=O)c1ccc([N+](=O)[O-])cc1)N1C(=O)c2c(Cl)c(Cl)c(Cl)c(Cl)c2C1=O)c1ccc(OC(=O)c2ccco2)cc1. The van der Waals surface area contributed by atoms with Crippen LogP contribution in [0.3, 0.4) is 0 Å². The van der Waals surface area contributed by atoms with Gasteiger partial charge in [-0.05, 0) is 48.5 Å². The Labute approximate surface area is 266 Å². The van der Waals surface area contributed by atoms with Gasteiger partial charge >= 0.3 is 5.97 Å². The number of nitro benzene ring substituents is 1. The van der Waals surface area contributed by atoms with E-state index in [0.29, 0.717) is 10.0 Å². The van der Waals surface area contributed by atoms with E-state index in [1.807, 2.05) is 0 Å². The molecule has 3 amide bonds. The molecule has 0 bridgehead atoms. The van der Waals surface area contributed by atoms with Crippen molar-refractivity contribution in [2.75, 3.05) is 6.54 Å². The molecule has 4 aromatic rings. The van der Waals surface area contributed by atoms with E-state index in [0.717, 1.165) is 24.3 Å². The number of imide groups is 1. The molecule has 44 heavy (non-hydrogen) atoms. The summed E-state index contributed by atoms with van der Waals surface area (Å²) in [4.78, 5) is 76.7. The van der Waals surface area contributed by atoms with E-state index in [1.54, 1.807) is 0 Å². The Kier molecular flexibility index (Phi) is 8.44. The van der Waals surface area contributed by atoms with Gasteiger partial charge in [0, 0.05) is 23.3 Å². The first-order chi connectivity index (χ1) is 20.9. The van der Waals surface area contributed by atoms with E-state index < -0.39 is 62.1 Å². The van der Waals surface area contributed by atoms with Crippen molar-refractivity contribution in [3.8, 4) is 5.75 Å². The number of non-ortho nitro benzene ring substituents is 1. The Bertz CT molecular complexity index is 1830. The second-order valence-electron chi connectivity index (χ2n) is 8.91. The lowest BCUT2D eigenvalue weighted by Gasteiger charge is -2.29. The van der Waals surface area contributed by atoms with Crippen molar-refractivity contribution in [1.29, 1.82) is 0 Å². The van der Waals surface area contributed by atoms with Gasteiger partial charge in [0.15, 0.2) is 5.78 Å². The maximum absolute atomic E-state index is 13.7. The summed E-state index contributed by atoms with van der Waals surface area (Å²) in [6.45, 7) is -0.872. The van der Waals surface area contributed by atoms with E-state index in [-0.39, 0.29) is 38.4 Å². The number of hydrogen-bond acceptors (Lipinski definition) is 9. The molecule has 0 aliphatic carbocycles. The lowest BCUT2D eigenvalue weighted by Crippen LogP contribution is -2.51. The van der Waals surface area contributed by atoms with Crippen molar-refractivity contribution < 1.29 is 38.1 Å². The molecule has 1 aliphatic rings. The first-order valence-corrected chi connectivity index (χ1v) is 13.6. The molecule has 0 unspecified atom stereocenters. The van der Waals surface area contributed by atoms with E-state index in [1.165, 1.54) is 42.7 Å². The van der Waals surface area contributed by atoms with E-state index in [4.69, 9.17) is 55.6 Å². The van der Waals surface area contributed by atoms with Crippen molar-refractivity contribution in [3.63, 3.8) is 0 Å². The molecular weight excluding hydrogens is 664 g/mol. The highest BCUT2D eigenvalue weighted by Gasteiger charge is 2.46. The predicted molar refractivity (Wildman–Crippen MR) is 156 cm³/mol. The summed E-state index contributed by atoms with van der Waals surface area (Å²) in [6.07, 6.45) is 1.29. The summed E-state index contributed by atoms with van der Waals surface area (Å²) in [6, 6.07) is 12.3. The maximum atomic E-state index is 13.7. The minimum atomic E-state index is -1.13. The fraction of sp³-hybridized carbons (Fsp3) is 0.0357. The quantitative estimate of drug-likeness (QED) is 0.0295. The van der Waals surface area contributed by atoms with Crippen molar-refractivity contribution in [2.24, 2.45) is 0 Å². The number of amides is 3. The van der Waals surface area contributed by atoms with Crippen LogP contribution in [0, 0.1) is 10.1 Å². The van der Waals surface area contributed by atoms with Crippen molar-refractivity contribution in [3.05, 3.63) is 125 Å². The van der Waals surface area contributed by atoms with E-state index in [9.17, 15) is 34.1 Å². The number of hydrazine groups is 1. The Hall–Kier alpha value is -4.75. The first kappa shape index (κ1) is 30.7. The van der Waals surface area contributed by atoms with Crippen LogP contribution < -0.4 is 4.74 Å². The normalized spacial score (nSPS) is 12.2. The van der Waals surface area contributed by atoms with E-state index >= 15 is 0 Å². The number of ether oxygens (including phenoxy) is 1. The van der Waals surface area contributed by atoms with Crippen LogP contribution in [0.15, 0.2) is 71.3 Å². The van der Waals surface area contributed by atoms with Crippen LogP contribution >= 0.6 is 46.4 Å². The second kappa shape index (κ2) is 12.1. The number of carbonyl (C=O) groups is 5. The summed E-state index contributed by atoms with van der Waals surface area (Å²) in [7, 11) is 0. The molecule has 0 saturated carbocycles. The van der Waals surface area contributed by atoms with Gasteiger partial charge in [0.1, 0.15) is 12.3 Å². The number of hydrogen-bond donors (Lipinski definition) is 0. The number of nitrogens with zero attached hydrogens (tertiary/aromatic N) is 3. The second-order valence-corrected chi connectivity index (χ2v) is 10.4. The number of Topliss-reactive ketones (excluding diaryl/α,β-unsaturated/α-hetero) is 1. The molecule has 0 saturated heterocycles. The number of nitro groups is 1. The molecule has 0 radical (unpaired) electrons. The summed E-state index contributed by atoms with van der Waals surface area (Å²) in [5.74, 6) is -4.81. The Balaban J connectivity index is 1.48. The largest absolute Gasteiger partial charge is 0.457 e. The molecule has 3 aromatic carbocycles. The third kappa shape index (κ3) is 5.51. The van der Waals surface area contributed by atoms with Crippen LogP contribution in [0.5, 0.6) is 5.75 Å². The molecule has 1 aromatic heterocycles. The third-order valence-corrected chi connectivity index (χ3v) is 8.09. The van der Waals surface area contributed by atoms with Crippen molar-refractivity contribution >= 4 is 81.6 Å². The van der Waals surface area contributed by atoms with Gasteiger partial charge in [0.25, 0.3) is 23.4 Å². The molecule has 0 atom stereocenters. The molecule has 2 heterocycles. The molecule has 222 valence electrons. The van der Waals surface area contributed by atoms with Gasteiger partial charge < -0.3 is 9.15 Å². The molecule has 5 rings (SSSR count). The zero-order valence-electron chi connectivity index (χ0n) is 21.6. The molecule has 0 N–H and O–H groups in total. The van der Waals surface area contributed by atoms with Gasteiger partial charge in [0.05, 0.1) is 42.4 Å². The number of ketones is 1. The summed E-state index contributed by atoms with van der Waals surface area (Å²) >= 11 is 24.6. The van der Waals surface area contributed by atoms with Crippen molar-refractivity contribution in [2.45, 2.75) is 0 Å². The lowest BCUT2D eigenvalue weighted by molar-refractivity contribution is -0.384. The predicted octanol–water partition coefficient (Wildman–Crippen LogP) is 6.56. The molecule has 16 heteroatoms. The van der Waals surface area contributed by atoms with Crippen LogP contribution in [0.4, 0.5) is 5.69 Å². The monoisotopic (exact) mass is 675 g/mol. The smallest absolute Gasteiger partial charge is 0.379 e. The number of halogens is 4. The average molecular weight is 677 g/mol. The Morgan fingerprint density at radius 2 is 1.36 bits per heavy atom. The molecule has 12 nitrogen and oxygen atoms in total. The lowest BCUT2D eigenvalue weighted by atomic mass is 10.1. The maximum Gasteiger partial charge on any atom is 0.379 e. The first-order valence-electron chi connectivity index (χ1n) is 12.1. The van der Waals surface area contributed by atoms with Gasteiger partial charge in [-0.2, -0.15) is 5.01 Å². The molecular formula is C28H13Cl4N3O9. The minimum absolute atomic E-state index is 0.00283. The van der Waals surface area contributed by atoms with E-state index in [2.05, 4.69) is 0 Å². The minimum Gasteiger partial charge on any atom is -0.457 e. The standard InChI is InChI=1S/C28H13Cl4N3O9/c29-21-19-20(22(30)24(32)23(21)31)27(39)34(26(19)38)33(25(37)14-3-7-15(8-4-14)35(41)42)12-17(36)13-5-9-16(10-6-13)44-28(40)18-2-1-11-43-18/h1-11H,12H2. The number of fused-ring (bicyclic) bond motifs is 1. The number of esters is 1. The highest BCUT2D eigenvalue weighted by atomic mass is 35.5. The van der Waals surface area contributed by atoms with Crippen LogP contribution in [-0.4, -0.2) is 51.0 Å². The van der Waals surface area contributed by atoms with Crippen LogP contribution in [0.25, 0.3) is 0 Å². The molecule has 0 fully saturated rings. The van der Waals surface area contributed by atoms with Crippen molar-refractivity contribution in [1.82, 2.24) is 10.0 Å².